The summed E-state index contributed by atoms with van der Waals surface area (Å²) < 4.78 is 44.3. The molecule has 2 rings (SSSR count). The molecule has 0 saturated heterocycles. The summed E-state index contributed by atoms with van der Waals surface area (Å²) in [5.74, 6) is -0.310. The van der Waals surface area contributed by atoms with Gasteiger partial charge in [-0.1, -0.05) is 0 Å². The molecule has 0 fully saturated rings. The van der Waals surface area contributed by atoms with Crippen LogP contribution < -0.4 is 4.74 Å². The number of aryl methyl sites for hydroxylation is 1. The van der Waals surface area contributed by atoms with Gasteiger partial charge >= 0.3 is 12.0 Å². The highest BCUT2D eigenvalue weighted by Gasteiger charge is 2.32. The molecule has 0 atom stereocenters. The predicted octanol–water partition coefficient (Wildman–Crippen LogP) is 3.02. The van der Waals surface area contributed by atoms with E-state index in [1.54, 1.807) is 0 Å². The van der Waals surface area contributed by atoms with Crippen LogP contribution in [-0.2, 0) is 13.2 Å². The predicted molar refractivity (Wildman–Crippen MR) is 66.9 cm³/mol. The van der Waals surface area contributed by atoms with Crippen LogP contribution in [-0.4, -0.2) is 21.6 Å². The third-order valence-electron chi connectivity index (χ3n) is 2.82. The van der Waals surface area contributed by atoms with Crippen molar-refractivity contribution in [2.24, 2.45) is 7.05 Å². The molecular weight excluding hydrogens is 291 g/mol. The summed E-state index contributed by atoms with van der Waals surface area (Å²) in [5.41, 5.74) is -0.632. The lowest BCUT2D eigenvalue weighted by atomic mass is 10.1. The minimum absolute atomic E-state index is 0.0616. The van der Waals surface area contributed by atoms with Gasteiger partial charge in [0, 0.05) is 7.05 Å². The van der Waals surface area contributed by atoms with Gasteiger partial charge in [0.15, 0.2) is 0 Å². The van der Waals surface area contributed by atoms with E-state index in [0.29, 0.717) is 0 Å². The molecule has 0 bridgehead atoms. The third kappa shape index (κ3) is 2.81. The number of aromatic nitrogens is 2. The monoisotopic (exact) mass is 301 g/mol. The maximum absolute atomic E-state index is 12.7. The van der Waals surface area contributed by atoms with E-state index in [2.05, 4.69) is 4.98 Å². The molecule has 112 valence electrons. The maximum atomic E-state index is 12.7. The van der Waals surface area contributed by atoms with E-state index in [1.165, 1.54) is 31.0 Å². The Morgan fingerprint density at radius 3 is 2.52 bits per heavy atom. The average Bonchev–Trinajstić information content (AvgIpc) is 2.79. The standard InChI is InChI=1S/C12H10F3N3O3/c1-17-6-10(18(19)20)16-11(17)8-4-3-7(12(13,14)15)5-9(8)21-2/h3-6H,1-2H3. The number of imidazole rings is 1. The van der Waals surface area contributed by atoms with Crippen LogP contribution in [0.4, 0.5) is 19.0 Å². The molecule has 6 nitrogen and oxygen atoms in total. The first kappa shape index (κ1) is 14.8. The fourth-order valence-electron chi connectivity index (χ4n) is 1.84. The maximum Gasteiger partial charge on any atom is 0.416 e. The molecule has 0 aliphatic heterocycles. The Morgan fingerprint density at radius 1 is 1.38 bits per heavy atom. The van der Waals surface area contributed by atoms with Gasteiger partial charge in [-0.2, -0.15) is 13.2 Å². The van der Waals surface area contributed by atoms with Crippen molar-refractivity contribution in [2.45, 2.75) is 6.18 Å². The number of methoxy groups -OCH3 is 1. The minimum Gasteiger partial charge on any atom is -0.496 e. The van der Waals surface area contributed by atoms with Gasteiger partial charge in [0.2, 0.25) is 0 Å². The average molecular weight is 301 g/mol. The summed E-state index contributed by atoms with van der Waals surface area (Å²) in [6.07, 6.45) is -3.33. The molecule has 1 aromatic heterocycles. The Labute approximate surface area is 116 Å². The van der Waals surface area contributed by atoms with Crippen LogP contribution in [0, 0.1) is 10.1 Å². The molecule has 9 heteroatoms. The third-order valence-corrected chi connectivity index (χ3v) is 2.82. The number of nitro groups is 1. The van der Waals surface area contributed by atoms with E-state index in [4.69, 9.17) is 4.74 Å². The van der Waals surface area contributed by atoms with E-state index >= 15 is 0 Å². The number of alkyl halides is 3. The van der Waals surface area contributed by atoms with Crippen molar-refractivity contribution < 1.29 is 22.8 Å². The number of hydrogen-bond donors (Lipinski definition) is 0. The fraction of sp³-hybridized carbons (Fsp3) is 0.250. The molecule has 0 aliphatic carbocycles. The van der Waals surface area contributed by atoms with Gasteiger partial charge < -0.3 is 19.4 Å². The van der Waals surface area contributed by atoms with Crippen molar-refractivity contribution in [1.29, 1.82) is 0 Å². The number of ether oxygens (including phenoxy) is 1. The van der Waals surface area contributed by atoms with Crippen LogP contribution in [0.3, 0.4) is 0 Å². The first-order chi connectivity index (χ1) is 9.74. The lowest BCUT2D eigenvalue weighted by Gasteiger charge is -2.11. The zero-order chi connectivity index (χ0) is 15.8. The summed E-state index contributed by atoms with van der Waals surface area (Å²) in [6, 6.07) is 2.88. The Kier molecular flexibility index (Phi) is 3.58. The Hall–Kier alpha value is -2.58. The van der Waals surface area contributed by atoms with Crippen molar-refractivity contribution in [3.05, 3.63) is 40.1 Å². The van der Waals surface area contributed by atoms with Crippen LogP contribution in [0.15, 0.2) is 24.4 Å². The van der Waals surface area contributed by atoms with Crippen molar-refractivity contribution in [3.8, 4) is 17.1 Å². The molecule has 0 unspecified atom stereocenters. The van der Waals surface area contributed by atoms with E-state index in [9.17, 15) is 23.3 Å². The molecule has 0 amide bonds. The highest BCUT2D eigenvalue weighted by Crippen LogP contribution is 2.37. The lowest BCUT2D eigenvalue weighted by Crippen LogP contribution is -2.06. The SMILES string of the molecule is COc1cc(C(F)(F)F)ccc1-c1nc([N+](=O)[O-])cn1C. The number of halogens is 3. The van der Waals surface area contributed by atoms with Crippen molar-refractivity contribution in [1.82, 2.24) is 9.55 Å². The highest BCUT2D eigenvalue weighted by molar-refractivity contribution is 5.66. The quantitative estimate of drug-likeness (QED) is 0.645. The minimum atomic E-state index is -4.50. The fourth-order valence-corrected chi connectivity index (χ4v) is 1.84. The largest absolute Gasteiger partial charge is 0.496 e. The second-order valence-electron chi connectivity index (χ2n) is 4.20. The van der Waals surface area contributed by atoms with Gasteiger partial charge in [-0.15, -0.1) is 0 Å². The highest BCUT2D eigenvalue weighted by atomic mass is 19.4. The molecule has 2 aromatic rings. The van der Waals surface area contributed by atoms with Gasteiger partial charge in [0.1, 0.15) is 11.9 Å². The summed E-state index contributed by atoms with van der Waals surface area (Å²) in [5, 5.41) is 10.7. The van der Waals surface area contributed by atoms with Crippen molar-refractivity contribution >= 4 is 5.82 Å². The van der Waals surface area contributed by atoms with Crippen LogP contribution in [0.2, 0.25) is 0 Å². The molecule has 1 aromatic carbocycles. The zero-order valence-electron chi connectivity index (χ0n) is 11.0. The van der Waals surface area contributed by atoms with Crippen LogP contribution >= 0.6 is 0 Å². The topological polar surface area (TPSA) is 70.2 Å². The van der Waals surface area contributed by atoms with Gasteiger partial charge in [0.05, 0.1) is 18.2 Å². The molecule has 0 N–H and O–H groups in total. The smallest absolute Gasteiger partial charge is 0.416 e. The first-order valence-corrected chi connectivity index (χ1v) is 5.67. The molecule has 0 aliphatic rings. The van der Waals surface area contributed by atoms with Crippen LogP contribution in [0.5, 0.6) is 5.75 Å². The lowest BCUT2D eigenvalue weighted by molar-refractivity contribution is -0.389. The Morgan fingerprint density at radius 2 is 2.05 bits per heavy atom. The molecule has 1 heterocycles. The van der Waals surface area contributed by atoms with Gasteiger partial charge in [0.25, 0.3) is 5.82 Å². The molecule has 0 spiro atoms. The van der Waals surface area contributed by atoms with Crippen LogP contribution in [0.25, 0.3) is 11.4 Å². The van der Waals surface area contributed by atoms with E-state index in [1.807, 2.05) is 0 Å². The number of rotatable bonds is 3. The van der Waals surface area contributed by atoms with Gasteiger partial charge in [-0.3, -0.25) is 0 Å². The number of benzene rings is 1. The van der Waals surface area contributed by atoms with Crippen molar-refractivity contribution in [3.63, 3.8) is 0 Å². The normalized spacial score (nSPS) is 11.5. The molecular formula is C12H10F3N3O3. The zero-order valence-corrected chi connectivity index (χ0v) is 11.0. The van der Waals surface area contributed by atoms with Crippen LogP contribution in [0.1, 0.15) is 5.56 Å². The van der Waals surface area contributed by atoms with E-state index < -0.39 is 22.5 Å². The summed E-state index contributed by atoms with van der Waals surface area (Å²) >= 11 is 0. The Bertz CT molecular complexity index is 695. The molecule has 0 saturated carbocycles. The second-order valence-corrected chi connectivity index (χ2v) is 4.20. The number of nitrogens with zero attached hydrogens (tertiary/aromatic N) is 3. The summed E-state index contributed by atoms with van der Waals surface area (Å²) in [6.45, 7) is 0. The van der Waals surface area contributed by atoms with Gasteiger partial charge in [-0.05, 0) is 28.1 Å². The van der Waals surface area contributed by atoms with Gasteiger partial charge in [-0.25, -0.2) is 0 Å². The molecule has 21 heavy (non-hydrogen) atoms. The summed E-state index contributed by atoms with van der Waals surface area (Å²) in [4.78, 5) is 13.8. The second kappa shape index (κ2) is 5.08. The van der Waals surface area contributed by atoms with Crippen molar-refractivity contribution in [2.75, 3.05) is 7.11 Å². The van der Waals surface area contributed by atoms with E-state index in [-0.39, 0.29) is 17.1 Å². The molecule has 0 radical (unpaired) electrons. The summed E-state index contributed by atoms with van der Waals surface area (Å²) in [7, 11) is 2.72. The first-order valence-electron chi connectivity index (χ1n) is 5.67. The van der Waals surface area contributed by atoms with E-state index in [0.717, 1.165) is 12.1 Å². The number of hydrogen-bond acceptors (Lipinski definition) is 4. The Balaban J connectivity index is 2.56.